The van der Waals surface area contributed by atoms with Gasteiger partial charge in [0.05, 0.1) is 12.6 Å². The number of rotatable bonds is 2. The molecule has 0 N–H and O–H groups in total. The standard InChI is InChI=1S/C18H17BrFNO2/c1-12-10-21(18(22)14-3-2-4-15(19)9-14)11-17(23-12)13-5-7-16(20)8-6-13/h2-9,12,17H,10-11H2,1H3. The zero-order valence-corrected chi connectivity index (χ0v) is 14.3. The van der Waals surface area contributed by atoms with Crippen molar-refractivity contribution in [2.75, 3.05) is 13.1 Å². The third-order valence-electron chi connectivity index (χ3n) is 3.86. The predicted molar refractivity (Wildman–Crippen MR) is 89.7 cm³/mol. The summed E-state index contributed by atoms with van der Waals surface area (Å²) in [6.45, 7) is 2.95. The number of hydrogen-bond acceptors (Lipinski definition) is 2. The molecule has 1 aliphatic heterocycles. The minimum atomic E-state index is -0.278. The molecule has 3 rings (SSSR count). The van der Waals surface area contributed by atoms with E-state index < -0.39 is 0 Å². The molecule has 1 fully saturated rings. The quantitative estimate of drug-likeness (QED) is 0.784. The van der Waals surface area contributed by atoms with Gasteiger partial charge in [-0.3, -0.25) is 4.79 Å². The maximum absolute atomic E-state index is 13.1. The second-order valence-corrected chi connectivity index (χ2v) is 6.62. The van der Waals surface area contributed by atoms with E-state index in [4.69, 9.17) is 4.74 Å². The van der Waals surface area contributed by atoms with E-state index in [1.807, 2.05) is 25.1 Å². The van der Waals surface area contributed by atoms with E-state index in [2.05, 4.69) is 15.9 Å². The average molecular weight is 378 g/mol. The highest BCUT2D eigenvalue weighted by atomic mass is 79.9. The number of benzene rings is 2. The molecular formula is C18H17BrFNO2. The third-order valence-corrected chi connectivity index (χ3v) is 4.35. The van der Waals surface area contributed by atoms with Crippen molar-refractivity contribution in [1.29, 1.82) is 0 Å². The maximum Gasteiger partial charge on any atom is 0.254 e. The van der Waals surface area contributed by atoms with E-state index in [0.717, 1.165) is 10.0 Å². The van der Waals surface area contributed by atoms with Gasteiger partial charge in [0.25, 0.3) is 5.91 Å². The van der Waals surface area contributed by atoms with E-state index in [1.165, 1.54) is 12.1 Å². The number of hydrogen-bond donors (Lipinski definition) is 0. The Balaban J connectivity index is 1.80. The van der Waals surface area contributed by atoms with Crippen molar-refractivity contribution in [2.24, 2.45) is 0 Å². The highest BCUT2D eigenvalue weighted by Gasteiger charge is 2.30. The van der Waals surface area contributed by atoms with Crippen molar-refractivity contribution in [3.8, 4) is 0 Å². The molecule has 5 heteroatoms. The van der Waals surface area contributed by atoms with Crippen molar-refractivity contribution < 1.29 is 13.9 Å². The number of carbonyl (C=O) groups excluding carboxylic acids is 1. The summed E-state index contributed by atoms with van der Waals surface area (Å²) in [6.07, 6.45) is -0.314. The molecule has 23 heavy (non-hydrogen) atoms. The normalized spacial score (nSPS) is 21.3. The summed E-state index contributed by atoms with van der Waals surface area (Å²) < 4.78 is 19.9. The SMILES string of the molecule is CC1CN(C(=O)c2cccc(Br)c2)CC(c2ccc(F)cc2)O1. The van der Waals surface area contributed by atoms with E-state index in [1.54, 1.807) is 23.1 Å². The van der Waals surface area contributed by atoms with Crippen LogP contribution in [0.4, 0.5) is 4.39 Å². The lowest BCUT2D eigenvalue weighted by Gasteiger charge is -2.37. The summed E-state index contributed by atoms with van der Waals surface area (Å²) in [4.78, 5) is 14.5. The zero-order valence-electron chi connectivity index (χ0n) is 12.7. The third kappa shape index (κ3) is 3.79. The fraction of sp³-hybridized carbons (Fsp3) is 0.278. The van der Waals surface area contributed by atoms with Gasteiger partial charge < -0.3 is 9.64 Å². The van der Waals surface area contributed by atoms with Gasteiger partial charge in [-0.05, 0) is 42.8 Å². The molecule has 120 valence electrons. The molecule has 0 spiro atoms. The van der Waals surface area contributed by atoms with Gasteiger partial charge in [-0.1, -0.05) is 34.1 Å². The molecule has 1 amide bonds. The summed E-state index contributed by atoms with van der Waals surface area (Å²) >= 11 is 3.39. The van der Waals surface area contributed by atoms with Crippen LogP contribution in [0.3, 0.4) is 0 Å². The second kappa shape index (κ2) is 6.81. The van der Waals surface area contributed by atoms with Crippen molar-refractivity contribution >= 4 is 21.8 Å². The molecule has 0 bridgehead atoms. The van der Waals surface area contributed by atoms with Crippen LogP contribution < -0.4 is 0 Å². The number of amides is 1. The molecule has 2 atom stereocenters. The first-order valence-electron chi connectivity index (χ1n) is 7.48. The average Bonchev–Trinajstić information content (AvgIpc) is 2.54. The molecule has 1 aliphatic rings. The summed E-state index contributed by atoms with van der Waals surface area (Å²) in [5.41, 5.74) is 1.52. The summed E-state index contributed by atoms with van der Waals surface area (Å²) in [5, 5.41) is 0. The summed E-state index contributed by atoms with van der Waals surface area (Å²) in [6, 6.07) is 13.6. The molecule has 1 saturated heterocycles. The predicted octanol–water partition coefficient (Wildman–Crippen LogP) is 4.19. The van der Waals surface area contributed by atoms with Crippen LogP contribution in [0.2, 0.25) is 0 Å². The molecule has 2 aromatic rings. The van der Waals surface area contributed by atoms with Crippen LogP contribution in [-0.4, -0.2) is 30.0 Å². The van der Waals surface area contributed by atoms with E-state index in [-0.39, 0.29) is 23.9 Å². The molecule has 1 heterocycles. The second-order valence-electron chi connectivity index (χ2n) is 5.71. The van der Waals surface area contributed by atoms with Crippen LogP contribution in [-0.2, 0) is 4.74 Å². The number of ether oxygens (including phenoxy) is 1. The van der Waals surface area contributed by atoms with E-state index in [9.17, 15) is 9.18 Å². The van der Waals surface area contributed by atoms with Gasteiger partial charge in [-0.25, -0.2) is 4.39 Å². The first-order chi connectivity index (χ1) is 11.0. The number of carbonyl (C=O) groups is 1. The smallest absolute Gasteiger partial charge is 0.254 e. The van der Waals surface area contributed by atoms with Crippen molar-refractivity contribution in [2.45, 2.75) is 19.1 Å². The fourth-order valence-electron chi connectivity index (χ4n) is 2.78. The zero-order chi connectivity index (χ0) is 16.4. The van der Waals surface area contributed by atoms with Crippen LogP contribution >= 0.6 is 15.9 Å². The van der Waals surface area contributed by atoms with Crippen LogP contribution in [0.25, 0.3) is 0 Å². The lowest BCUT2D eigenvalue weighted by atomic mass is 10.1. The van der Waals surface area contributed by atoms with E-state index >= 15 is 0 Å². The van der Waals surface area contributed by atoms with Gasteiger partial charge in [-0.2, -0.15) is 0 Å². The molecule has 0 aliphatic carbocycles. The Bertz CT molecular complexity index is 704. The first-order valence-corrected chi connectivity index (χ1v) is 8.28. The Morgan fingerprint density at radius 2 is 1.96 bits per heavy atom. The van der Waals surface area contributed by atoms with Gasteiger partial charge >= 0.3 is 0 Å². The number of halogens is 2. The number of morpholine rings is 1. The largest absolute Gasteiger partial charge is 0.367 e. The lowest BCUT2D eigenvalue weighted by molar-refractivity contribution is -0.0691. The van der Waals surface area contributed by atoms with Crippen LogP contribution in [0.5, 0.6) is 0 Å². The Morgan fingerprint density at radius 1 is 1.22 bits per heavy atom. The van der Waals surface area contributed by atoms with Gasteiger partial charge in [0.1, 0.15) is 11.9 Å². The van der Waals surface area contributed by atoms with Gasteiger partial charge in [0.2, 0.25) is 0 Å². The Hall–Kier alpha value is -1.72. The van der Waals surface area contributed by atoms with Gasteiger partial charge in [0, 0.05) is 16.6 Å². The molecular weight excluding hydrogens is 361 g/mol. The summed E-state index contributed by atoms with van der Waals surface area (Å²) in [5.74, 6) is -0.298. The molecule has 0 aromatic heterocycles. The molecule has 2 aromatic carbocycles. The highest BCUT2D eigenvalue weighted by molar-refractivity contribution is 9.10. The Morgan fingerprint density at radius 3 is 2.65 bits per heavy atom. The van der Waals surface area contributed by atoms with Crippen molar-refractivity contribution in [3.05, 3.63) is 69.9 Å². The molecule has 0 radical (unpaired) electrons. The maximum atomic E-state index is 13.1. The van der Waals surface area contributed by atoms with Gasteiger partial charge in [0.15, 0.2) is 0 Å². The first kappa shape index (κ1) is 16.1. The van der Waals surface area contributed by atoms with Crippen LogP contribution in [0.15, 0.2) is 53.0 Å². The highest BCUT2D eigenvalue weighted by Crippen LogP contribution is 2.26. The molecule has 2 unspecified atom stereocenters. The summed E-state index contributed by atoms with van der Waals surface area (Å²) in [7, 11) is 0. The minimum absolute atomic E-state index is 0.0199. The van der Waals surface area contributed by atoms with Crippen molar-refractivity contribution in [3.63, 3.8) is 0 Å². The fourth-order valence-corrected chi connectivity index (χ4v) is 3.18. The van der Waals surface area contributed by atoms with Crippen LogP contribution in [0.1, 0.15) is 28.9 Å². The van der Waals surface area contributed by atoms with E-state index in [0.29, 0.717) is 18.7 Å². The monoisotopic (exact) mass is 377 g/mol. The minimum Gasteiger partial charge on any atom is -0.367 e. The van der Waals surface area contributed by atoms with Crippen LogP contribution in [0, 0.1) is 5.82 Å². The Kier molecular flexibility index (Phi) is 4.78. The number of nitrogens with zero attached hydrogens (tertiary/aromatic N) is 1. The Labute approximate surface area is 143 Å². The van der Waals surface area contributed by atoms with Crippen molar-refractivity contribution in [1.82, 2.24) is 4.90 Å². The molecule has 0 saturated carbocycles. The van der Waals surface area contributed by atoms with Gasteiger partial charge in [-0.15, -0.1) is 0 Å². The lowest BCUT2D eigenvalue weighted by Crippen LogP contribution is -2.46. The topological polar surface area (TPSA) is 29.5 Å². The molecule has 3 nitrogen and oxygen atoms in total.